The highest BCUT2D eigenvalue weighted by atomic mass is 16.6. The molecule has 18 heavy (non-hydrogen) atoms. The predicted octanol–water partition coefficient (Wildman–Crippen LogP) is 1.32. The van der Waals surface area contributed by atoms with Crippen LogP contribution >= 0.6 is 0 Å². The highest BCUT2D eigenvalue weighted by Crippen LogP contribution is 2.24. The summed E-state index contributed by atoms with van der Waals surface area (Å²) in [5, 5.41) is 16.6. The van der Waals surface area contributed by atoms with Crippen molar-refractivity contribution in [3.8, 4) is 0 Å². The Morgan fingerprint density at radius 3 is 2.78 bits per heavy atom. The van der Waals surface area contributed by atoms with Crippen molar-refractivity contribution in [1.29, 1.82) is 0 Å². The van der Waals surface area contributed by atoms with Crippen molar-refractivity contribution in [1.82, 2.24) is 5.32 Å². The molecule has 1 aliphatic rings. The lowest BCUT2D eigenvalue weighted by molar-refractivity contribution is -0.385. The summed E-state index contributed by atoms with van der Waals surface area (Å²) >= 11 is 0. The van der Waals surface area contributed by atoms with Gasteiger partial charge in [-0.1, -0.05) is 13.0 Å². The first kappa shape index (κ1) is 12.5. The third-order valence-corrected chi connectivity index (χ3v) is 3.08. The maximum absolute atomic E-state index is 11.7. The van der Waals surface area contributed by atoms with Gasteiger partial charge >= 0.3 is 0 Å². The molecule has 96 valence electrons. The number of nitro groups is 1. The molecule has 1 heterocycles. The minimum absolute atomic E-state index is 0.0325. The SMILES string of the molecule is CCc1ccc(NC(=O)C2CNC2)cc1[N+](=O)[O-]. The number of nitrogens with one attached hydrogen (secondary N) is 2. The number of aryl methyl sites for hydroxylation is 1. The Bertz CT molecular complexity index is 483. The monoisotopic (exact) mass is 249 g/mol. The average molecular weight is 249 g/mol. The number of hydrogen-bond donors (Lipinski definition) is 2. The fraction of sp³-hybridized carbons (Fsp3) is 0.417. The van der Waals surface area contributed by atoms with E-state index in [-0.39, 0.29) is 17.5 Å². The summed E-state index contributed by atoms with van der Waals surface area (Å²) < 4.78 is 0. The maximum atomic E-state index is 11.7. The van der Waals surface area contributed by atoms with Crippen molar-refractivity contribution in [3.63, 3.8) is 0 Å². The van der Waals surface area contributed by atoms with Crippen LogP contribution in [0.2, 0.25) is 0 Å². The van der Waals surface area contributed by atoms with E-state index < -0.39 is 4.92 Å². The van der Waals surface area contributed by atoms with E-state index in [1.54, 1.807) is 12.1 Å². The van der Waals surface area contributed by atoms with E-state index in [0.717, 1.165) is 0 Å². The molecule has 1 aliphatic heterocycles. The van der Waals surface area contributed by atoms with Gasteiger partial charge < -0.3 is 10.6 Å². The molecular formula is C12H15N3O3. The van der Waals surface area contributed by atoms with Crippen LogP contribution in [0.1, 0.15) is 12.5 Å². The standard InChI is InChI=1S/C12H15N3O3/c1-2-8-3-4-10(5-11(8)15(17)18)14-12(16)9-6-13-7-9/h3-5,9,13H,2,6-7H2,1H3,(H,14,16). The molecule has 6 heteroatoms. The summed E-state index contributed by atoms with van der Waals surface area (Å²) in [6.45, 7) is 3.20. The van der Waals surface area contributed by atoms with Gasteiger partial charge in [-0.15, -0.1) is 0 Å². The van der Waals surface area contributed by atoms with Gasteiger partial charge in [-0.25, -0.2) is 0 Å². The summed E-state index contributed by atoms with van der Waals surface area (Å²) in [5.74, 6) is -0.123. The zero-order valence-corrected chi connectivity index (χ0v) is 10.1. The number of anilines is 1. The molecule has 1 fully saturated rings. The summed E-state index contributed by atoms with van der Waals surface area (Å²) in [5.41, 5.74) is 1.21. The van der Waals surface area contributed by atoms with Gasteiger partial charge in [-0.05, 0) is 12.5 Å². The number of rotatable bonds is 4. The quantitative estimate of drug-likeness (QED) is 0.622. The number of benzene rings is 1. The molecule has 1 aromatic carbocycles. The molecular weight excluding hydrogens is 234 g/mol. The lowest BCUT2D eigenvalue weighted by atomic mass is 10.0. The minimum atomic E-state index is -0.417. The zero-order valence-electron chi connectivity index (χ0n) is 10.1. The summed E-state index contributed by atoms with van der Waals surface area (Å²) in [4.78, 5) is 22.2. The number of nitro benzene ring substituents is 1. The number of carbonyl (C=O) groups excluding carboxylic acids is 1. The largest absolute Gasteiger partial charge is 0.326 e. The molecule has 0 atom stereocenters. The molecule has 0 aromatic heterocycles. The summed E-state index contributed by atoms with van der Waals surface area (Å²) in [6.07, 6.45) is 0.594. The van der Waals surface area contributed by atoms with Crippen LogP contribution in [0.15, 0.2) is 18.2 Å². The van der Waals surface area contributed by atoms with Gasteiger partial charge in [0.05, 0.1) is 10.8 Å². The molecule has 1 aromatic rings. The van der Waals surface area contributed by atoms with Gasteiger partial charge in [-0.2, -0.15) is 0 Å². The normalized spacial score (nSPS) is 14.9. The van der Waals surface area contributed by atoms with Crippen molar-refractivity contribution in [2.75, 3.05) is 18.4 Å². The molecule has 1 saturated heterocycles. The van der Waals surface area contributed by atoms with Crippen LogP contribution in [-0.2, 0) is 11.2 Å². The average Bonchev–Trinajstić information content (AvgIpc) is 2.26. The molecule has 6 nitrogen and oxygen atoms in total. The third-order valence-electron chi connectivity index (χ3n) is 3.08. The van der Waals surface area contributed by atoms with E-state index in [2.05, 4.69) is 10.6 Å². The second kappa shape index (κ2) is 5.14. The van der Waals surface area contributed by atoms with E-state index in [1.807, 2.05) is 6.92 Å². The van der Waals surface area contributed by atoms with Gasteiger partial charge in [0.15, 0.2) is 0 Å². The Labute approximate surface area is 105 Å². The second-order valence-electron chi connectivity index (χ2n) is 4.30. The zero-order chi connectivity index (χ0) is 13.1. The van der Waals surface area contributed by atoms with Crippen molar-refractivity contribution in [2.45, 2.75) is 13.3 Å². The maximum Gasteiger partial charge on any atom is 0.274 e. The Hall–Kier alpha value is -1.95. The molecule has 0 spiro atoms. The van der Waals surface area contributed by atoms with Crippen LogP contribution in [0.25, 0.3) is 0 Å². The first-order valence-electron chi connectivity index (χ1n) is 5.90. The van der Waals surface area contributed by atoms with Crippen LogP contribution in [0, 0.1) is 16.0 Å². The number of carbonyl (C=O) groups is 1. The molecule has 2 N–H and O–H groups in total. The van der Waals surface area contributed by atoms with Crippen molar-refractivity contribution < 1.29 is 9.72 Å². The van der Waals surface area contributed by atoms with Gasteiger partial charge in [0, 0.05) is 30.4 Å². The van der Waals surface area contributed by atoms with E-state index in [4.69, 9.17) is 0 Å². The highest BCUT2D eigenvalue weighted by molar-refractivity contribution is 5.93. The Balaban J connectivity index is 2.15. The lowest BCUT2D eigenvalue weighted by Crippen LogP contribution is -2.48. The predicted molar refractivity (Wildman–Crippen MR) is 67.5 cm³/mol. The number of hydrogen-bond acceptors (Lipinski definition) is 4. The molecule has 0 unspecified atom stereocenters. The molecule has 1 amide bonds. The van der Waals surface area contributed by atoms with Crippen LogP contribution in [0.4, 0.5) is 11.4 Å². The number of nitrogens with zero attached hydrogens (tertiary/aromatic N) is 1. The van der Waals surface area contributed by atoms with Crippen LogP contribution in [0.3, 0.4) is 0 Å². The molecule has 0 saturated carbocycles. The van der Waals surface area contributed by atoms with Gasteiger partial charge in [0.1, 0.15) is 0 Å². The van der Waals surface area contributed by atoms with Crippen molar-refractivity contribution in [2.24, 2.45) is 5.92 Å². The van der Waals surface area contributed by atoms with Crippen LogP contribution in [0.5, 0.6) is 0 Å². The molecule has 2 rings (SSSR count). The first-order chi connectivity index (χ1) is 8.61. The second-order valence-corrected chi connectivity index (χ2v) is 4.30. The van der Waals surface area contributed by atoms with Gasteiger partial charge in [-0.3, -0.25) is 14.9 Å². The van der Waals surface area contributed by atoms with E-state index in [0.29, 0.717) is 30.8 Å². The minimum Gasteiger partial charge on any atom is -0.326 e. The fourth-order valence-corrected chi connectivity index (χ4v) is 1.83. The number of amides is 1. The summed E-state index contributed by atoms with van der Waals surface area (Å²) in [7, 11) is 0. The fourth-order valence-electron chi connectivity index (χ4n) is 1.83. The molecule has 0 radical (unpaired) electrons. The molecule has 0 bridgehead atoms. The van der Waals surface area contributed by atoms with Gasteiger partial charge in [0.25, 0.3) is 5.69 Å². The molecule has 0 aliphatic carbocycles. The Morgan fingerprint density at radius 2 is 2.28 bits per heavy atom. The Morgan fingerprint density at radius 1 is 1.56 bits per heavy atom. The van der Waals surface area contributed by atoms with Crippen LogP contribution < -0.4 is 10.6 Å². The van der Waals surface area contributed by atoms with Crippen LogP contribution in [-0.4, -0.2) is 23.9 Å². The van der Waals surface area contributed by atoms with Crippen molar-refractivity contribution >= 4 is 17.3 Å². The van der Waals surface area contributed by atoms with Gasteiger partial charge in [0.2, 0.25) is 5.91 Å². The lowest BCUT2D eigenvalue weighted by Gasteiger charge is -2.25. The highest BCUT2D eigenvalue weighted by Gasteiger charge is 2.25. The smallest absolute Gasteiger partial charge is 0.274 e. The Kier molecular flexibility index (Phi) is 3.57. The first-order valence-corrected chi connectivity index (χ1v) is 5.90. The van der Waals surface area contributed by atoms with E-state index in [1.165, 1.54) is 6.07 Å². The topological polar surface area (TPSA) is 84.3 Å². The van der Waals surface area contributed by atoms with Crippen molar-refractivity contribution in [3.05, 3.63) is 33.9 Å². The summed E-state index contributed by atoms with van der Waals surface area (Å²) in [6, 6.07) is 4.81. The third kappa shape index (κ3) is 2.48. The van der Waals surface area contributed by atoms with E-state index >= 15 is 0 Å². The van der Waals surface area contributed by atoms with E-state index in [9.17, 15) is 14.9 Å².